The predicted molar refractivity (Wildman–Crippen MR) is 76.8 cm³/mol. The largest absolute Gasteiger partial charge is 0.371 e. The molecule has 2 N–H and O–H groups in total. The van der Waals surface area contributed by atoms with Crippen molar-refractivity contribution in [2.75, 3.05) is 18.0 Å². The summed E-state index contributed by atoms with van der Waals surface area (Å²) in [6.07, 6.45) is 4.09. The predicted octanol–water partition coefficient (Wildman–Crippen LogP) is 3.39. The van der Waals surface area contributed by atoms with Gasteiger partial charge >= 0.3 is 0 Å². The molecule has 0 bridgehead atoms. The maximum atomic E-state index is 13.8. The summed E-state index contributed by atoms with van der Waals surface area (Å²) < 4.78 is 13.8. The number of hydrogen-bond donors (Lipinski definition) is 1. The van der Waals surface area contributed by atoms with E-state index in [4.69, 9.17) is 5.73 Å². The van der Waals surface area contributed by atoms with Gasteiger partial charge in [0.15, 0.2) is 0 Å². The molecule has 0 spiro atoms. The highest BCUT2D eigenvalue weighted by Crippen LogP contribution is 2.41. The molecule has 3 rings (SSSR count). The molecule has 1 aliphatic carbocycles. The van der Waals surface area contributed by atoms with Gasteiger partial charge in [-0.2, -0.15) is 0 Å². The van der Waals surface area contributed by atoms with Crippen molar-refractivity contribution < 1.29 is 4.39 Å². The molecule has 104 valence electrons. The van der Waals surface area contributed by atoms with Crippen LogP contribution in [0.3, 0.4) is 0 Å². The normalized spacial score (nSPS) is 27.7. The highest BCUT2D eigenvalue weighted by Gasteiger charge is 2.36. The van der Waals surface area contributed by atoms with Crippen molar-refractivity contribution in [2.24, 2.45) is 17.6 Å². The van der Waals surface area contributed by atoms with Gasteiger partial charge in [0.25, 0.3) is 0 Å². The van der Waals surface area contributed by atoms with Crippen LogP contribution in [0.5, 0.6) is 0 Å². The fourth-order valence-electron chi connectivity index (χ4n) is 3.75. The first kappa shape index (κ1) is 12.9. The average Bonchev–Trinajstić information content (AvgIpc) is 2.92. The third-order valence-electron chi connectivity index (χ3n) is 4.87. The zero-order chi connectivity index (χ0) is 13.6. The molecule has 2 aliphatic rings. The van der Waals surface area contributed by atoms with Gasteiger partial charge in [-0.1, -0.05) is 6.42 Å². The lowest BCUT2D eigenvalue weighted by Crippen LogP contribution is -2.24. The van der Waals surface area contributed by atoms with Gasteiger partial charge in [-0.3, -0.25) is 0 Å². The summed E-state index contributed by atoms with van der Waals surface area (Å²) in [6.45, 7) is 6.01. The van der Waals surface area contributed by atoms with E-state index in [-0.39, 0.29) is 11.9 Å². The van der Waals surface area contributed by atoms with Gasteiger partial charge in [-0.25, -0.2) is 4.39 Å². The number of nitrogens with two attached hydrogens (primary N) is 1. The molecule has 19 heavy (non-hydrogen) atoms. The maximum Gasteiger partial charge on any atom is 0.126 e. The third kappa shape index (κ3) is 2.25. The lowest BCUT2D eigenvalue weighted by Gasteiger charge is -2.25. The Morgan fingerprint density at radius 3 is 2.47 bits per heavy atom. The topological polar surface area (TPSA) is 29.3 Å². The lowest BCUT2D eigenvalue weighted by molar-refractivity contribution is 0.494. The van der Waals surface area contributed by atoms with Crippen molar-refractivity contribution in [3.63, 3.8) is 0 Å². The molecule has 2 fully saturated rings. The second kappa shape index (κ2) is 4.78. The second-order valence-corrected chi connectivity index (χ2v) is 6.30. The van der Waals surface area contributed by atoms with Crippen LogP contribution in [0.15, 0.2) is 12.1 Å². The smallest absolute Gasteiger partial charge is 0.126 e. The minimum atomic E-state index is -0.143. The quantitative estimate of drug-likeness (QED) is 0.885. The summed E-state index contributed by atoms with van der Waals surface area (Å²) in [5.41, 5.74) is 8.85. The van der Waals surface area contributed by atoms with Crippen LogP contribution >= 0.6 is 0 Å². The number of halogens is 1. The average molecular weight is 262 g/mol. The van der Waals surface area contributed by atoms with Gasteiger partial charge in [0, 0.05) is 24.8 Å². The van der Waals surface area contributed by atoms with E-state index in [1.165, 1.54) is 19.3 Å². The van der Waals surface area contributed by atoms with Crippen molar-refractivity contribution >= 4 is 5.69 Å². The van der Waals surface area contributed by atoms with E-state index in [9.17, 15) is 4.39 Å². The van der Waals surface area contributed by atoms with Crippen LogP contribution < -0.4 is 10.6 Å². The van der Waals surface area contributed by atoms with Gasteiger partial charge in [0.05, 0.1) is 0 Å². The molecule has 3 heteroatoms. The van der Waals surface area contributed by atoms with Crippen molar-refractivity contribution in [3.05, 3.63) is 29.1 Å². The van der Waals surface area contributed by atoms with Crippen LogP contribution in [0.2, 0.25) is 0 Å². The van der Waals surface area contributed by atoms with E-state index in [0.29, 0.717) is 0 Å². The SMILES string of the molecule is Cc1cc(N2CC3CCCC3C2)c([C@@H](C)N)cc1F. The summed E-state index contributed by atoms with van der Waals surface area (Å²) in [4.78, 5) is 2.43. The number of benzene rings is 1. The molecule has 2 nitrogen and oxygen atoms in total. The molecule has 0 amide bonds. The third-order valence-corrected chi connectivity index (χ3v) is 4.87. The summed E-state index contributed by atoms with van der Waals surface area (Å²) in [5.74, 6) is 1.54. The number of aryl methyl sites for hydroxylation is 1. The molecule has 0 aromatic heterocycles. The first-order chi connectivity index (χ1) is 9.06. The van der Waals surface area contributed by atoms with Crippen LogP contribution in [0.4, 0.5) is 10.1 Å². The molecular formula is C16H23FN2. The van der Waals surface area contributed by atoms with E-state index < -0.39 is 0 Å². The molecule has 1 aliphatic heterocycles. The zero-order valence-electron chi connectivity index (χ0n) is 11.8. The second-order valence-electron chi connectivity index (χ2n) is 6.30. The van der Waals surface area contributed by atoms with Crippen molar-refractivity contribution in [3.8, 4) is 0 Å². The van der Waals surface area contributed by atoms with Crippen LogP contribution in [0, 0.1) is 24.6 Å². The lowest BCUT2D eigenvalue weighted by atomic mass is 10.0. The van der Waals surface area contributed by atoms with E-state index in [1.807, 2.05) is 19.9 Å². The molecule has 1 saturated heterocycles. The van der Waals surface area contributed by atoms with E-state index in [0.717, 1.165) is 41.7 Å². The molecule has 3 atom stereocenters. The number of fused-ring (bicyclic) bond motifs is 1. The van der Waals surface area contributed by atoms with Crippen LogP contribution in [0.25, 0.3) is 0 Å². The van der Waals surface area contributed by atoms with Gasteiger partial charge in [-0.05, 0) is 61.8 Å². The van der Waals surface area contributed by atoms with Crippen molar-refractivity contribution in [2.45, 2.75) is 39.2 Å². The fourth-order valence-corrected chi connectivity index (χ4v) is 3.75. The van der Waals surface area contributed by atoms with Crippen molar-refractivity contribution in [1.82, 2.24) is 0 Å². The van der Waals surface area contributed by atoms with Gasteiger partial charge in [-0.15, -0.1) is 0 Å². The van der Waals surface area contributed by atoms with Crippen LogP contribution in [-0.2, 0) is 0 Å². The first-order valence-corrected chi connectivity index (χ1v) is 7.37. The highest BCUT2D eigenvalue weighted by atomic mass is 19.1. The Balaban J connectivity index is 1.93. The van der Waals surface area contributed by atoms with E-state index in [2.05, 4.69) is 4.90 Å². The van der Waals surface area contributed by atoms with E-state index >= 15 is 0 Å². The monoisotopic (exact) mass is 262 g/mol. The van der Waals surface area contributed by atoms with Crippen LogP contribution in [0.1, 0.15) is 43.4 Å². The highest BCUT2D eigenvalue weighted by molar-refractivity contribution is 5.58. The Labute approximate surface area is 114 Å². The standard InChI is InChI=1S/C16H23FN2/c1-10-6-16(14(11(2)18)7-15(10)17)19-8-12-4-3-5-13(12)9-19/h6-7,11-13H,3-5,8-9,18H2,1-2H3/t11-,12?,13?/m1/s1. The zero-order valence-corrected chi connectivity index (χ0v) is 11.8. The minimum absolute atomic E-state index is 0.120. The molecule has 1 aromatic rings. The molecule has 1 aromatic carbocycles. The van der Waals surface area contributed by atoms with Gasteiger partial charge in [0.2, 0.25) is 0 Å². The van der Waals surface area contributed by atoms with E-state index in [1.54, 1.807) is 6.07 Å². The number of nitrogens with zero attached hydrogens (tertiary/aromatic N) is 1. The summed E-state index contributed by atoms with van der Waals surface area (Å²) >= 11 is 0. The maximum absolute atomic E-state index is 13.8. The van der Waals surface area contributed by atoms with Gasteiger partial charge < -0.3 is 10.6 Å². The van der Waals surface area contributed by atoms with Crippen molar-refractivity contribution in [1.29, 1.82) is 0 Å². The molecular weight excluding hydrogens is 239 g/mol. The molecule has 2 unspecified atom stereocenters. The Hall–Kier alpha value is -1.09. The Kier molecular flexibility index (Phi) is 3.25. The first-order valence-electron chi connectivity index (χ1n) is 7.37. The van der Waals surface area contributed by atoms with Gasteiger partial charge in [0.1, 0.15) is 5.82 Å². The summed E-state index contributed by atoms with van der Waals surface area (Å²) in [6, 6.07) is 3.49. The summed E-state index contributed by atoms with van der Waals surface area (Å²) in [5, 5.41) is 0. The number of anilines is 1. The molecule has 0 radical (unpaired) electrons. The number of rotatable bonds is 2. The Bertz CT molecular complexity index is 472. The van der Waals surface area contributed by atoms with Crippen LogP contribution in [-0.4, -0.2) is 13.1 Å². The minimum Gasteiger partial charge on any atom is -0.371 e. The number of hydrogen-bond acceptors (Lipinski definition) is 2. The summed E-state index contributed by atoms with van der Waals surface area (Å²) in [7, 11) is 0. The molecule has 1 heterocycles. The fraction of sp³-hybridized carbons (Fsp3) is 0.625. The Morgan fingerprint density at radius 1 is 1.26 bits per heavy atom. The molecule has 1 saturated carbocycles. The Morgan fingerprint density at radius 2 is 1.89 bits per heavy atom.